The number of para-hydroxylation sites is 1. The van der Waals surface area contributed by atoms with Crippen LogP contribution in [0.2, 0.25) is 0 Å². The maximum absolute atomic E-state index is 12.7. The molecular formula is C20H21F2NO4. The predicted octanol–water partition coefficient (Wildman–Crippen LogP) is 3.33. The van der Waals surface area contributed by atoms with Crippen LogP contribution in [-0.2, 0) is 11.3 Å². The van der Waals surface area contributed by atoms with E-state index in [2.05, 4.69) is 4.74 Å². The fourth-order valence-corrected chi connectivity index (χ4v) is 2.50. The highest BCUT2D eigenvalue weighted by molar-refractivity contribution is 5.92. The summed E-state index contributed by atoms with van der Waals surface area (Å²) in [6, 6.07) is 14.0. The van der Waals surface area contributed by atoms with E-state index in [0.29, 0.717) is 6.54 Å². The average Bonchev–Trinajstić information content (AvgIpc) is 2.67. The molecule has 0 atom stereocenters. The van der Waals surface area contributed by atoms with Crippen molar-refractivity contribution in [3.63, 3.8) is 0 Å². The molecule has 0 radical (unpaired) electrons. The van der Waals surface area contributed by atoms with Crippen molar-refractivity contribution in [2.45, 2.75) is 13.2 Å². The van der Waals surface area contributed by atoms with Gasteiger partial charge in [-0.1, -0.05) is 42.5 Å². The number of nitrogens with zero attached hydrogens (tertiary/aromatic N) is 1. The Morgan fingerprint density at radius 3 is 2.56 bits per heavy atom. The van der Waals surface area contributed by atoms with Gasteiger partial charge in [-0.2, -0.15) is 8.78 Å². The van der Waals surface area contributed by atoms with E-state index < -0.39 is 6.61 Å². The Balaban J connectivity index is 2.20. The topological polar surface area (TPSA) is 59.0 Å². The first-order valence-electron chi connectivity index (χ1n) is 8.28. The van der Waals surface area contributed by atoms with Crippen LogP contribution in [0.3, 0.4) is 0 Å². The Morgan fingerprint density at radius 2 is 1.93 bits per heavy atom. The fourth-order valence-electron chi connectivity index (χ4n) is 2.50. The fraction of sp³-hybridized carbons (Fsp3) is 0.250. The molecule has 0 fully saturated rings. The van der Waals surface area contributed by atoms with Crippen molar-refractivity contribution in [2.24, 2.45) is 0 Å². The minimum atomic E-state index is -3.02. The maximum atomic E-state index is 12.7. The van der Waals surface area contributed by atoms with Gasteiger partial charge in [0.05, 0.1) is 13.7 Å². The van der Waals surface area contributed by atoms with Gasteiger partial charge in [0.1, 0.15) is 0 Å². The third-order valence-electron chi connectivity index (χ3n) is 3.74. The number of amides is 1. The van der Waals surface area contributed by atoms with Crippen molar-refractivity contribution in [3.05, 3.63) is 65.7 Å². The third kappa shape index (κ3) is 6.07. The average molecular weight is 377 g/mol. The van der Waals surface area contributed by atoms with Crippen LogP contribution in [0.4, 0.5) is 8.78 Å². The summed E-state index contributed by atoms with van der Waals surface area (Å²) in [5.74, 6) is -0.365. The lowest BCUT2D eigenvalue weighted by Gasteiger charge is -2.20. The van der Waals surface area contributed by atoms with Crippen LogP contribution in [0.1, 0.15) is 11.1 Å². The number of hydrogen-bond donors (Lipinski definition) is 1. The maximum Gasteiger partial charge on any atom is 0.387 e. The second kappa shape index (κ2) is 10.3. The number of methoxy groups -OCH3 is 1. The zero-order valence-electron chi connectivity index (χ0n) is 14.8. The largest absolute Gasteiger partial charge is 0.493 e. The molecule has 0 aromatic heterocycles. The van der Waals surface area contributed by atoms with Crippen molar-refractivity contribution in [1.82, 2.24) is 4.90 Å². The second-order valence-corrected chi connectivity index (χ2v) is 5.56. The Morgan fingerprint density at radius 1 is 1.19 bits per heavy atom. The molecule has 2 aromatic rings. The third-order valence-corrected chi connectivity index (χ3v) is 3.74. The van der Waals surface area contributed by atoms with Crippen molar-refractivity contribution < 1.29 is 28.2 Å². The summed E-state index contributed by atoms with van der Waals surface area (Å²) in [6.07, 6.45) is 2.64. The van der Waals surface area contributed by atoms with E-state index in [1.54, 1.807) is 6.07 Å². The van der Waals surface area contributed by atoms with Gasteiger partial charge < -0.3 is 19.5 Å². The monoisotopic (exact) mass is 377 g/mol. The van der Waals surface area contributed by atoms with Gasteiger partial charge in [-0.05, 0) is 17.7 Å². The lowest BCUT2D eigenvalue weighted by Crippen LogP contribution is -2.31. The molecule has 0 saturated carbocycles. The van der Waals surface area contributed by atoms with Crippen molar-refractivity contribution in [2.75, 3.05) is 20.3 Å². The molecular weight excluding hydrogens is 356 g/mol. The molecule has 144 valence electrons. The van der Waals surface area contributed by atoms with Gasteiger partial charge in [0.2, 0.25) is 5.91 Å². The summed E-state index contributed by atoms with van der Waals surface area (Å²) in [5.41, 5.74) is 1.20. The molecule has 1 amide bonds. The number of ether oxygens (including phenoxy) is 2. The molecule has 0 aliphatic heterocycles. The van der Waals surface area contributed by atoms with Crippen molar-refractivity contribution in [1.29, 1.82) is 0 Å². The molecule has 27 heavy (non-hydrogen) atoms. The Bertz CT molecular complexity index is 766. The summed E-state index contributed by atoms with van der Waals surface area (Å²) in [5, 5.41) is 9.22. The normalized spacial score (nSPS) is 11.0. The molecule has 5 nitrogen and oxygen atoms in total. The highest BCUT2D eigenvalue weighted by Gasteiger charge is 2.15. The highest BCUT2D eigenvalue weighted by atomic mass is 19.3. The number of carbonyl (C=O) groups excluding carboxylic acids is 1. The van der Waals surface area contributed by atoms with Crippen LogP contribution < -0.4 is 9.47 Å². The van der Waals surface area contributed by atoms with E-state index in [4.69, 9.17) is 4.74 Å². The lowest BCUT2D eigenvalue weighted by molar-refractivity contribution is -0.127. The van der Waals surface area contributed by atoms with E-state index in [9.17, 15) is 18.7 Å². The smallest absolute Gasteiger partial charge is 0.387 e. The second-order valence-electron chi connectivity index (χ2n) is 5.56. The molecule has 1 N–H and O–H groups in total. The molecule has 0 unspecified atom stereocenters. The quantitative estimate of drug-likeness (QED) is 0.681. The molecule has 0 heterocycles. The molecule has 2 aromatic carbocycles. The van der Waals surface area contributed by atoms with Gasteiger partial charge in [0.25, 0.3) is 0 Å². The van der Waals surface area contributed by atoms with Gasteiger partial charge in [0.15, 0.2) is 11.5 Å². The standard InChI is InChI=1S/C20H21F2NO4/c1-26-17-9-5-8-16(19(17)27-20(21)22)10-11-18(25)23(12-13-24)14-15-6-3-2-4-7-15/h2-11,20,24H,12-14H2,1H3/b11-10+. The molecule has 0 aliphatic rings. The summed E-state index contributed by atoms with van der Waals surface area (Å²) in [4.78, 5) is 14.0. The van der Waals surface area contributed by atoms with Crippen molar-refractivity contribution in [3.8, 4) is 11.5 Å². The SMILES string of the molecule is COc1cccc(/C=C/C(=O)N(CCO)Cc2ccccc2)c1OC(F)F. The Labute approximate surface area is 156 Å². The first-order valence-corrected chi connectivity index (χ1v) is 8.28. The number of hydrogen-bond acceptors (Lipinski definition) is 4. The van der Waals surface area contributed by atoms with Crippen LogP contribution in [0.25, 0.3) is 6.08 Å². The molecule has 0 saturated heterocycles. The van der Waals surface area contributed by atoms with Gasteiger partial charge in [-0.25, -0.2) is 0 Å². The molecule has 0 spiro atoms. The minimum absolute atomic E-state index is 0.140. The number of aliphatic hydroxyl groups is 1. The summed E-state index contributed by atoms with van der Waals surface area (Å²) in [7, 11) is 1.34. The lowest BCUT2D eigenvalue weighted by atomic mass is 10.1. The highest BCUT2D eigenvalue weighted by Crippen LogP contribution is 2.33. The first-order chi connectivity index (χ1) is 13.0. The van der Waals surface area contributed by atoms with Gasteiger partial charge in [-0.15, -0.1) is 0 Å². The molecule has 2 rings (SSSR count). The minimum Gasteiger partial charge on any atom is -0.493 e. The van der Waals surface area contributed by atoms with Crippen LogP contribution >= 0.6 is 0 Å². The number of halogens is 2. The zero-order valence-corrected chi connectivity index (χ0v) is 14.8. The Hall–Kier alpha value is -2.93. The number of aliphatic hydroxyl groups excluding tert-OH is 1. The van der Waals surface area contributed by atoms with Crippen LogP contribution in [0.5, 0.6) is 11.5 Å². The van der Waals surface area contributed by atoms with Gasteiger partial charge in [0, 0.05) is 24.7 Å². The van der Waals surface area contributed by atoms with Gasteiger partial charge >= 0.3 is 6.61 Å². The van der Waals surface area contributed by atoms with E-state index >= 15 is 0 Å². The molecule has 0 aliphatic carbocycles. The summed E-state index contributed by atoms with van der Waals surface area (Å²) in [6.45, 7) is -2.74. The zero-order chi connectivity index (χ0) is 19.6. The number of alkyl halides is 2. The van der Waals surface area contributed by atoms with E-state index in [0.717, 1.165) is 5.56 Å². The summed E-state index contributed by atoms with van der Waals surface area (Å²) < 4.78 is 34.9. The summed E-state index contributed by atoms with van der Waals surface area (Å²) >= 11 is 0. The van der Waals surface area contributed by atoms with Crippen LogP contribution in [0, 0.1) is 0 Å². The molecule has 7 heteroatoms. The number of rotatable bonds is 9. The predicted molar refractivity (Wildman–Crippen MR) is 97.6 cm³/mol. The van der Waals surface area contributed by atoms with Crippen molar-refractivity contribution >= 4 is 12.0 Å². The number of benzene rings is 2. The first kappa shape index (κ1) is 20.4. The Kier molecular flexibility index (Phi) is 7.76. The molecule has 0 bridgehead atoms. The van der Waals surface area contributed by atoms with E-state index in [-0.39, 0.29) is 36.1 Å². The van der Waals surface area contributed by atoms with Crippen LogP contribution in [0.15, 0.2) is 54.6 Å². The van der Waals surface area contributed by atoms with E-state index in [1.807, 2.05) is 30.3 Å². The van der Waals surface area contributed by atoms with Gasteiger partial charge in [-0.3, -0.25) is 4.79 Å². The van der Waals surface area contributed by atoms with E-state index in [1.165, 1.54) is 36.3 Å². The number of carbonyl (C=O) groups is 1. The van der Waals surface area contributed by atoms with Crippen LogP contribution in [-0.4, -0.2) is 42.8 Å².